The molecule has 0 amide bonds. The van der Waals surface area contributed by atoms with E-state index in [1.54, 1.807) is 0 Å². The van der Waals surface area contributed by atoms with Crippen molar-refractivity contribution < 1.29 is 56.2 Å². The fraction of sp³-hybridized carbons (Fsp3) is 0. The van der Waals surface area contributed by atoms with Crippen molar-refractivity contribution in [3.8, 4) is 0 Å². The van der Waals surface area contributed by atoms with Gasteiger partial charge in [0.25, 0.3) is 0 Å². The minimum atomic E-state index is -1.89. The van der Waals surface area contributed by atoms with Gasteiger partial charge in [-0.15, -0.1) is 0 Å². The molecule has 0 rings (SSSR count). The number of hydrogen-bond acceptors (Lipinski definition) is 12. The molecule has 0 aromatic heterocycles. The van der Waals surface area contributed by atoms with Crippen LogP contribution in [0.3, 0.4) is 0 Å². The minimum Gasteiger partial charge on any atom is 0 e. The van der Waals surface area contributed by atoms with Gasteiger partial charge in [0.1, 0.15) is 0 Å². The van der Waals surface area contributed by atoms with Crippen LogP contribution in [0, 0.1) is 50.9 Å². The summed E-state index contributed by atoms with van der Waals surface area (Å²) in [4.78, 5) is 34.9. The van der Waals surface area contributed by atoms with E-state index in [2.05, 4.69) is 0 Å². The van der Waals surface area contributed by atoms with Crippen molar-refractivity contribution in [2.75, 3.05) is 0 Å². The molecular weight excluding hydrogens is 540 g/mol. The first-order chi connectivity index (χ1) is 6.59. The van der Waals surface area contributed by atoms with Gasteiger partial charge in [0.15, 0.2) is 0 Å². The van der Waals surface area contributed by atoms with Crippen LogP contribution in [0.1, 0.15) is 0 Å². The Bertz CT molecular complexity index is 211. The van der Waals surface area contributed by atoms with Gasteiger partial charge in [0.05, 0.1) is 10.2 Å². The Morgan fingerprint density at radius 1 is 0.611 bits per heavy atom. The van der Waals surface area contributed by atoms with E-state index < -0.39 is 35.1 Å². The van der Waals surface area contributed by atoms with Gasteiger partial charge in [-0.05, 0) is 0 Å². The Balaban J connectivity index is -0.0000000292. The van der Waals surface area contributed by atoms with Crippen LogP contribution in [0.4, 0.5) is 0 Å². The first-order valence-corrected chi connectivity index (χ1v) is 3.70. The van der Waals surface area contributed by atoms with E-state index in [4.69, 9.17) is 30.6 Å². The summed E-state index contributed by atoms with van der Waals surface area (Å²) in [6.45, 7) is 0. The van der Waals surface area contributed by atoms with Crippen molar-refractivity contribution >= 4 is 0 Å². The molecule has 6 N–H and O–H groups in total. The SMILES string of the molecule is N.N.O=[N+]([O-])[O-].O=[N+]([O-])[O-].O=[N+]([O-])[Ru+2][N+](=O)[O-].[Pt]. The molecule has 0 aromatic carbocycles. The van der Waals surface area contributed by atoms with E-state index in [0.717, 1.165) is 0 Å². The van der Waals surface area contributed by atoms with Gasteiger partial charge in [-0.2, -0.15) is 0 Å². The zero-order chi connectivity index (χ0) is 13.0. The molecule has 18 heavy (non-hydrogen) atoms. The molecule has 0 saturated heterocycles. The molecule has 16 nitrogen and oxygen atoms in total. The molecule has 114 valence electrons. The second-order valence-electron chi connectivity index (χ2n) is 0.925. The van der Waals surface area contributed by atoms with Crippen LogP contribution >= 0.6 is 0 Å². The first kappa shape index (κ1) is 36.0. The van der Waals surface area contributed by atoms with Crippen LogP contribution in [-0.2, 0) is 38.7 Å². The van der Waals surface area contributed by atoms with E-state index >= 15 is 0 Å². The van der Waals surface area contributed by atoms with E-state index in [1.807, 2.05) is 0 Å². The third-order valence-corrected chi connectivity index (χ3v) is 0.683. The maximum Gasteiger partial charge on any atom is 0 e. The minimum absolute atomic E-state index is 0. The summed E-state index contributed by atoms with van der Waals surface area (Å²) in [5.74, 6) is 0. The average Bonchev–Trinajstić information content (AvgIpc) is 1.78. The summed E-state index contributed by atoms with van der Waals surface area (Å²) >= 11 is -1.89. The molecule has 0 bridgehead atoms. The average molecular weight is 546 g/mol. The fourth-order valence-corrected chi connectivity index (χ4v) is 0.279. The van der Waals surface area contributed by atoms with E-state index in [-0.39, 0.29) is 33.4 Å². The largest absolute Gasteiger partial charge is 0 e. The topological polar surface area (TPSA) is 289 Å². The molecule has 0 atom stereocenters. The molecular formula is H6N6O10PtRu. The number of nitro groups is 2. The first-order valence-electron chi connectivity index (χ1n) is 2.14. The fourth-order valence-electron chi connectivity index (χ4n) is 0.0471. The molecule has 0 unspecified atom stereocenters. The smallest absolute Gasteiger partial charge is 0 e. The summed E-state index contributed by atoms with van der Waals surface area (Å²) in [5.41, 5.74) is 0. The van der Waals surface area contributed by atoms with Crippen LogP contribution in [0.5, 0.6) is 0 Å². The number of nitrogens with zero attached hydrogens (tertiary/aromatic N) is 4. The Morgan fingerprint density at radius 3 is 0.722 bits per heavy atom. The molecule has 0 heterocycles. The van der Waals surface area contributed by atoms with Crippen molar-refractivity contribution in [3.05, 3.63) is 50.9 Å². The second-order valence-corrected chi connectivity index (χ2v) is 2.54. The molecule has 18 heteroatoms. The summed E-state index contributed by atoms with van der Waals surface area (Å²) in [7, 11) is 0. The third kappa shape index (κ3) is 440. The zero-order valence-electron chi connectivity index (χ0n) is 7.96. The van der Waals surface area contributed by atoms with Crippen LogP contribution in [0.15, 0.2) is 0 Å². The predicted octanol–water partition coefficient (Wildman–Crippen LogP) is -0.704. The van der Waals surface area contributed by atoms with Gasteiger partial charge >= 0.3 is 45.2 Å². The van der Waals surface area contributed by atoms with E-state index in [0.29, 0.717) is 0 Å². The van der Waals surface area contributed by atoms with Gasteiger partial charge in [0, 0.05) is 21.1 Å². The summed E-state index contributed by atoms with van der Waals surface area (Å²) < 4.78 is -1.82. The van der Waals surface area contributed by atoms with Gasteiger partial charge in [0.2, 0.25) is 0 Å². The van der Waals surface area contributed by atoms with Crippen molar-refractivity contribution in [2.24, 2.45) is 0 Å². The Morgan fingerprint density at radius 2 is 0.722 bits per heavy atom. The monoisotopic (exact) mass is 547 g/mol. The van der Waals surface area contributed by atoms with Crippen LogP contribution < -0.4 is 12.3 Å². The molecule has 0 radical (unpaired) electrons. The Kier molecular flexibility index (Phi) is 49.1. The summed E-state index contributed by atoms with van der Waals surface area (Å²) in [6, 6.07) is 0. The molecule has 0 fully saturated rings. The van der Waals surface area contributed by atoms with Crippen molar-refractivity contribution in [1.82, 2.24) is 12.3 Å². The Labute approximate surface area is 119 Å². The molecule has 0 aliphatic rings. The molecule has 0 aromatic rings. The predicted molar refractivity (Wildman–Crippen MR) is 44.8 cm³/mol. The number of hydrogen-bond donors (Lipinski definition) is 2. The molecule has 0 aliphatic heterocycles. The maximum absolute atomic E-state index is 9.21. The third-order valence-electron chi connectivity index (χ3n) is 0.115. The normalized spacial score (nSPS) is 5.78. The van der Waals surface area contributed by atoms with Crippen molar-refractivity contribution in [1.29, 1.82) is 0 Å². The van der Waals surface area contributed by atoms with Crippen molar-refractivity contribution in [3.63, 3.8) is 0 Å². The van der Waals surface area contributed by atoms with Crippen LogP contribution in [-0.4, -0.2) is 17.5 Å². The summed E-state index contributed by atoms with van der Waals surface area (Å²) in [6.07, 6.45) is 0. The summed E-state index contributed by atoms with van der Waals surface area (Å²) in [5, 5.41) is 47.9. The standard InChI is InChI=1S/2NO3.2NO2.2H3N.Pt.Ru/c2*2-1(3)4;2*2-1-3;;;;/h;;;;2*1H3;;/q2*-1;;;;;;+2. The quantitative estimate of drug-likeness (QED) is 0.247. The van der Waals surface area contributed by atoms with Gasteiger partial charge in [-0.1, -0.05) is 0 Å². The second kappa shape index (κ2) is 24.6. The Hall–Kier alpha value is -1.57. The maximum atomic E-state index is 9.21. The zero-order valence-corrected chi connectivity index (χ0v) is 12.0. The molecule has 0 aliphatic carbocycles. The van der Waals surface area contributed by atoms with Gasteiger partial charge < -0.3 is 42.9 Å². The van der Waals surface area contributed by atoms with Gasteiger partial charge in [-0.25, -0.2) is 0 Å². The van der Waals surface area contributed by atoms with E-state index in [1.165, 1.54) is 0 Å². The van der Waals surface area contributed by atoms with Gasteiger partial charge in [-0.3, -0.25) is 0 Å². The van der Waals surface area contributed by atoms with Crippen molar-refractivity contribution in [2.45, 2.75) is 0 Å². The van der Waals surface area contributed by atoms with Crippen LogP contribution in [0.25, 0.3) is 0 Å². The molecule has 0 saturated carbocycles. The molecule has 0 spiro atoms. The van der Waals surface area contributed by atoms with E-state index in [9.17, 15) is 20.2 Å². The number of rotatable bonds is 2. The van der Waals surface area contributed by atoms with Crippen LogP contribution in [0.2, 0.25) is 0 Å².